The number of hydrogen-bond acceptors (Lipinski definition) is 3. The minimum atomic E-state index is -3.27. The summed E-state index contributed by atoms with van der Waals surface area (Å²) in [5.41, 5.74) is 5.11. The van der Waals surface area contributed by atoms with Gasteiger partial charge in [-0.15, -0.1) is 0 Å². The molecule has 2 aromatic rings. The Hall–Kier alpha value is -2.34. The standard InChI is InChI=1S/C20H24N2O3S/c1-4-15-8-6-7-14(3)19(15)21-20(23)17-9-10-18-16(13-17)11-12-22(18)26(24,25)5-2/h6-10,13H,4-5,11-12H2,1-3H3,(H,21,23). The van der Waals surface area contributed by atoms with Crippen LogP contribution in [-0.2, 0) is 22.9 Å². The summed E-state index contributed by atoms with van der Waals surface area (Å²) in [6, 6.07) is 11.2. The number of para-hydroxylation sites is 1. The Morgan fingerprint density at radius 3 is 2.65 bits per heavy atom. The monoisotopic (exact) mass is 372 g/mol. The highest BCUT2D eigenvalue weighted by Crippen LogP contribution is 2.31. The number of anilines is 2. The summed E-state index contributed by atoms with van der Waals surface area (Å²) in [5.74, 6) is -0.101. The molecule has 0 saturated heterocycles. The SMILES string of the molecule is CCc1cccc(C)c1NC(=O)c1ccc2c(c1)CCN2S(=O)(=O)CC. The highest BCUT2D eigenvalue weighted by molar-refractivity contribution is 7.92. The van der Waals surface area contributed by atoms with Gasteiger partial charge in [0.1, 0.15) is 0 Å². The van der Waals surface area contributed by atoms with Crippen molar-refractivity contribution in [3.8, 4) is 0 Å². The fraction of sp³-hybridized carbons (Fsp3) is 0.350. The van der Waals surface area contributed by atoms with Gasteiger partial charge in [-0.1, -0.05) is 25.1 Å². The number of nitrogens with zero attached hydrogens (tertiary/aromatic N) is 1. The van der Waals surface area contributed by atoms with Crippen molar-refractivity contribution in [3.63, 3.8) is 0 Å². The summed E-state index contributed by atoms with van der Waals surface area (Å²) < 4.78 is 25.8. The molecule has 26 heavy (non-hydrogen) atoms. The minimum Gasteiger partial charge on any atom is -0.321 e. The lowest BCUT2D eigenvalue weighted by Gasteiger charge is -2.18. The van der Waals surface area contributed by atoms with Gasteiger partial charge in [0, 0.05) is 17.8 Å². The predicted octanol–water partition coefficient (Wildman–Crippen LogP) is 3.52. The van der Waals surface area contributed by atoms with Crippen LogP contribution < -0.4 is 9.62 Å². The van der Waals surface area contributed by atoms with Crippen molar-refractivity contribution in [1.29, 1.82) is 0 Å². The lowest BCUT2D eigenvalue weighted by atomic mass is 10.0. The van der Waals surface area contributed by atoms with Gasteiger partial charge in [0.2, 0.25) is 10.0 Å². The van der Waals surface area contributed by atoms with E-state index in [4.69, 9.17) is 0 Å². The van der Waals surface area contributed by atoms with E-state index in [1.54, 1.807) is 25.1 Å². The molecule has 138 valence electrons. The number of sulfonamides is 1. The van der Waals surface area contributed by atoms with Crippen molar-refractivity contribution in [2.75, 3.05) is 21.9 Å². The van der Waals surface area contributed by atoms with Gasteiger partial charge in [0.05, 0.1) is 11.4 Å². The molecule has 0 fully saturated rings. The molecule has 0 radical (unpaired) electrons. The van der Waals surface area contributed by atoms with Gasteiger partial charge in [-0.3, -0.25) is 9.10 Å². The molecule has 0 aliphatic carbocycles. The van der Waals surface area contributed by atoms with Crippen molar-refractivity contribution < 1.29 is 13.2 Å². The average Bonchev–Trinajstić information content (AvgIpc) is 3.07. The van der Waals surface area contributed by atoms with Crippen molar-refractivity contribution >= 4 is 27.3 Å². The van der Waals surface area contributed by atoms with Gasteiger partial charge >= 0.3 is 0 Å². The van der Waals surface area contributed by atoms with E-state index in [2.05, 4.69) is 12.2 Å². The molecule has 5 nitrogen and oxygen atoms in total. The highest BCUT2D eigenvalue weighted by Gasteiger charge is 2.28. The first-order chi connectivity index (χ1) is 12.4. The van der Waals surface area contributed by atoms with E-state index in [0.29, 0.717) is 24.2 Å². The maximum atomic E-state index is 12.7. The lowest BCUT2D eigenvalue weighted by molar-refractivity contribution is 0.102. The number of carbonyl (C=O) groups is 1. The molecule has 0 atom stereocenters. The molecule has 3 rings (SSSR count). The van der Waals surface area contributed by atoms with Gasteiger partial charge in [-0.05, 0) is 61.6 Å². The first-order valence-corrected chi connectivity index (χ1v) is 10.5. The summed E-state index contributed by atoms with van der Waals surface area (Å²) in [4.78, 5) is 12.7. The third-order valence-electron chi connectivity index (χ3n) is 4.87. The largest absolute Gasteiger partial charge is 0.321 e. The summed E-state index contributed by atoms with van der Waals surface area (Å²) in [7, 11) is -3.27. The zero-order valence-corrected chi connectivity index (χ0v) is 16.2. The van der Waals surface area contributed by atoms with Gasteiger partial charge < -0.3 is 5.32 Å². The number of fused-ring (bicyclic) bond motifs is 1. The van der Waals surface area contributed by atoms with E-state index >= 15 is 0 Å². The summed E-state index contributed by atoms with van der Waals surface area (Å²) in [6.07, 6.45) is 1.46. The number of rotatable bonds is 5. The topological polar surface area (TPSA) is 66.5 Å². The van der Waals surface area contributed by atoms with E-state index < -0.39 is 10.0 Å². The van der Waals surface area contributed by atoms with Crippen LogP contribution in [0.4, 0.5) is 11.4 Å². The van der Waals surface area contributed by atoms with Crippen LogP contribution >= 0.6 is 0 Å². The minimum absolute atomic E-state index is 0.0712. The molecule has 1 aliphatic heterocycles. The van der Waals surface area contributed by atoms with E-state index in [-0.39, 0.29) is 11.7 Å². The third kappa shape index (κ3) is 3.33. The molecule has 1 heterocycles. The van der Waals surface area contributed by atoms with E-state index in [1.165, 1.54) is 4.31 Å². The van der Waals surface area contributed by atoms with E-state index in [1.807, 2.05) is 25.1 Å². The maximum Gasteiger partial charge on any atom is 0.255 e. The van der Waals surface area contributed by atoms with Gasteiger partial charge in [0.15, 0.2) is 0 Å². The second kappa shape index (κ2) is 7.11. The number of carbonyl (C=O) groups excluding carboxylic acids is 1. The number of nitrogens with one attached hydrogen (secondary N) is 1. The maximum absolute atomic E-state index is 12.7. The van der Waals surface area contributed by atoms with Crippen LogP contribution in [0.25, 0.3) is 0 Å². The van der Waals surface area contributed by atoms with Crippen LogP contribution in [0.15, 0.2) is 36.4 Å². The van der Waals surface area contributed by atoms with Crippen LogP contribution in [-0.4, -0.2) is 26.6 Å². The number of hydrogen-bond donors (Lipinski definition) is 1. The third-order valence-corrected chi connectivity index (χ3v) is 6.65. The number of amides is 1. The zero-order chi connectivity index (χ0) is 18.9. The molecule has 0 unspecified atom stereocenters. The number of aryl methyl sites for hydroxylation is 2. The normalized spacial score (nSPS) is 13.6. The fourth-order valence-corrected chi connectivity index (χ4v) is 4.50. The molecule has 2 aromatic carbocycles. The van der Waals surface area contributed by atoms with Crippen molar-refractivity contribution in [3.05, 3.63) is 58.7 Å². The van der Waals surface area contributed by atoms with Crippen molar-refractivity contribution in [2.45, 2.75) is 33.6 Å². The molecule has 6 heteroatoms. The number of benzene rings is 2. The Kier molecular flexibility index (Phi) is 5.05. The van der Waals surface area contributed by atoms with Crippen LogP contribution in [0.2, 0.25) is 0 Å². The molecule has 1 amide bonds. The molecular formula is C20H24N2O3S. The molecule has 1 N–H and O–H groups in total. The Balaban J connectivity index is 1.88. The van der Waals surface area contributed by atoms with E-state index in [0.717, 1.165) is 28.8 Å². The Morgan fingerprint density at radius 1 is 1.19 bits per heavy atom. The van der Waals surface area contributed by atoms with Gasteiger partial charge in [-0.2, -0.15) is 0 Å². The highest BCUT2D eigenvalue weighted by atomic mass is 32.2. The van der Waals surface area contributed by atoms with Crippen LogP contribution in [0.5, 0.6) is 0 Å². The summed E-state index contributed by atoms with van der Waals surface area (Å²) in [5, 5.41) is 3.02. The van der Waals surface area contributed by atoms with Crippen LogP contribution in [0.1, 0.15) is 40.9 Å². The lowest BCUT2D eigenvalue weighted by Crippen LogP contribution is -2.30. The second-order valence-electron chi connectivity index (χ2n) is 6.48. The second-order valence-corrected chi connectivity index (χ2v) is 8.66. The molecule has 0 saturated carbocycles. The molecule has 0 spiro atoms. The molecule has 1 aliphatic rings. The molecular weight excluding hydrogens is 348 g/mol. The first kappa shape index (κ1) is 18.5. The molecule has 0 aromatic heterocycles. The molecule has 0 bridgehead atoms. The van der Waals surface area contributed by atoms with Gasteiger partial charge in [-0.25, -0.2) is 8.42 Å². The predicted molar refractivity (Wildman–Crippen MR) is 105 cm³/mol. The Morgan fingerprint density at radius 2 is 1.96 bits per heavy atom. The van der Waals surface area contributed by atoms with Crippen LogP contribution in [0, 0.1) is 6.92 Å². The summed E-state index contributed by atoms with van der Waals surface area (Å²) in [6.45, 7) is 6.12. The quantitative estimate of drug-likeness (QED) is 0.873. The average molecular weight is 372 g/mol. The Bertz CT molecular complexity index is 952. The Labute approximate surface area is 155 Å². The van der Waals surface area contributed by atoms with Crippen LogP contribution in [0.3, 0.4) is 0 Å². The van der Waals surface area contributed by atoms with Gasteiger partial charge in [0.25, 0.3) is 5.91 Å². The smallest absolute Gasteiger partial charge is 0.255 e. The summed E-state index contributed by atoms with van der Waals surface area (Å²) >= 11 is 0. The fourth-order valence-electron chi connectivity index (χ4n) is 3.35. The van der Waals surface area contributed by atoms with Crippen molar-refractivity contribution in [1.82, 2.24) is 0 Å². The zero-order valence-electron chi connectivity index (χ0n) is 15.4. The van der Waals surface area contributed by atoms with Crippen molar-refractivity contribution in [2.24, 2.45) is 0 Å². The van der Waals surface area contributed by atoms with E-state index in [9.17, 15) is 13.2 Å². The first-order valence-electron chi connectivity index (χ1n) is 8.90.